The van der Waals surface area contributed by atoms with Gasteiger partial charge in [0, 0.05) is 19.5 Å². The fourth-order valence-electron chi connectivity index (χ4n) is 1.20. The molecule has 1 rings (SSSR count). The van der Waals surface area contributed by atoms with Crippen LogP contribution in [0.25, 0.3) is 0 Å². The summed E-state index contributed by atoms with van der Waals surface area (Å²) < 4.78 is 0. The summed E-state index contributed by atoms with van der Waals surface area (Å²) in [5, 5.41) is 3.13. The molecule has 0 saturated heterocycles. The average Bonchev–Trinajstić information content (AvgIpc) is 2.56. The lowest BCUT2D eigenvalue weighted by Gasteiger charge is -2.08. The molecule has 1 atom stereocenters. The molecule has 0 bridgehead atoms. The third kappa shape index (κ3) is 3.42. The third-order valence-corrected chi connectivity index (χ3v) is 2.02. The molecule has 5 nitrogen and oxygen atoms in total. The van der Waals surface area contributed by atoms with E-state index in [9.17, 15) is 4.79 Å². The van der Waals surface area contributed by atoms with Crippen molar-refractivity contribution in [2.75, 3.05) is 13.1 Å². The minimum absolute atomic E-state index is 0.449. The van der Waals surface area contributed by atoms with Crippen LogP contribution in [0.4, 0.5) is 0 Å². The number of carbonyl (C=O) groups is 1. The lowest BCUT2D eigenvalue weighted by atomic mass is 10.2. The van der Waals surface area contributed by atoms with E-state index in [2.05, 4.69) is 10.3 Å². The molecule has 0 aromatic rings. The second kappa shape index (κ2) is 4.81. The van der Waals surface area contributed by atoms with E-state index < -0.39 is 11.9 Å². The molecule has 0 fully saturated rings. The van der Waals surface area contributed by atoms with E-state index in [0.29, 0.717) is 13.0 Å². The number of hydrogen-bond donors (Lipinski definition) is 3. The number of nitrogens with two attached hydrogens (primary N) is 2. The van der Waals surface area contributed by atoms with Crippen molar-refractivity contribution in [3.8, 4) is 0 Å². The Labute approximate surface area is 77.6 Å². The van der Waals surface area contributed by atoms with Crippen LogP contribution in [0.3, 0.4) is 0 Å². The summed E-state index contributed by atoms with van der Waals surface area (Å²) in [5.74, 6) is 0.576. The van der Waals surface area contributed by atoms with Crippen LogP contribution in [0, 0.1) is 0 Å². The molecule has 5 heteroatoms. The van der Waals surface area contributed by atoms with Gasteiger partial charge in [-0.15, -0.1) is 0 Å². The molecule has 0 aliphatic carbocycles. The van der Waals surface area contributed by atoms with Crippen molar-refractivity contribution in [2.45, 2.75) is 25.3 Å². The fraction of sp³-hybridized carbons (Fsp3) is 0.750. The van der Waals surface area contributed by atoms with Gasteiger partial charge >= 0.3 is 0 Å². The quantitative estimate of drug-likeness (QED) is 0.521. The van der Waals surface area contributed by atoms with E-state index in [-0.39, 0.29) is 0 Å². The Hall–Kier alpha value is -1.10. The normalized spacial score (nSPS) is 18.1. The van der Waals surface area contributed by atoms with Crippen molar-refractivity contribution in [3.63, 3.8) is 0 Å². The van der Waals surface area contributed by atoms with Crippen LogP contribution in [-0.2, 0) is 4.79 Å². The van der Waals surface area contributed by atoms with Gasteiger partial charge in [-0.1, -0.05) is 0 Å². The lowest BCUT2D eigenvalue weighted by Crippen LogP contribution is -2.39. The zero-order valence-electron chi connectivity index (χ0n) is 7.62. The lowest BCUT2D eigenvalue weighted by molar-refractivity contribution is -0.119. The topological polar surface area (TPSA) is 93.5 Å². The van der Waals surface area contributed by atoms with Crippen molar-refractivity contribution in [2.24, 2.45) is 16.5 Å². The van der Waals surface area contributed by atoms with Crippen molar-refractivity contribution < 1.29 is 4.79 Å². The highest BCUT2D eigenvalue weighted by Crippen LogP contribution is 2.00. The molecule has 1 unspecified atom stereocenters. The monoisotopic (exact) mass is 184 g/mol. The van der Waals surface area contributed by atoms with Crippen molar-refractivity contribution in [1.82, 2.24) is 5.32 Å². The number of carbonyl (C=O) groups excluding carboxylic acids is 1. The molecule has 0 saturated carbocycles. The average molecular weight is 184 g/mol. The number of nitrogens with one attached hydrogen (secondary N) is 1. The number of aliphatic imine (C=N–C) groups is 1. The molecule has 1 aliphatic rings. The molecule has 5 N–H and O–H groups in total. The predicted octanol–water partition coefficient (Wildman–Crippen LogP) is -1.03. The number of rotatable bonds is 4. The molecule has 74 valence electrons. The SMILES string of the molecule is NC(=O)C(N)CCNC1=NCCC1. The molecule has 1 aliphatic heterocycles. The predicted molar refractivity (Wildman–Crippen MR) is 51.3 cm³/mol. The van der Waals surface area contributed by atoms with E-state index in [0.717, 1.165) is 25.2 Å². The van der Waals surface area contributed by atoms with Crippen LogP contribution in [0.2, 0.25) is 0 Å². The number of amidine groups is 1. The van der Waals surface area contributed by atoms with Gasteiger partial charge < -0.3 is 16.8 Å². The maximum absolute atomic E-state index is 10.6. The number of primary amides is 1. The first kappa shape index (κ1) is 9.98. The van der Waals surface area contributed by atoms with E-state index in [1.807, 2.05) is 0 Å². The summed E-state index contributed by atoms with van der Waals surface area (Å²) in [6.07, 6.45) is 2.68. The fourth-order valence-corrected chi connectivity index (χ4v) is 1.20. The van der Waals surface area contributed by atoms with Crippen LogP contribution < -0.4 is 16.8 Å². The van der Waals surface area contributed by atoms with E-state index in [4.69, 9.17) is 11.5 Å². The molecule has 0 radical (unpaired) electrons. The van der Waals surface area contributed by atoms with Gasteiger partial charge in [-0.2, -0.15) is 0 Å². The largest absolute Gasteiger partial charge is 0.374 e. The molecule has 0 spiro atoms. The Kier molecular flexibility index (Phi) is 3.70. The zero-order chi connectivity index (χ0) is 9.68. The Balaban J connectivity index is 2.09. The summed E-state index contributed by atoms with van der Waals surface area (Å²) in [7, 11) is 0. The Bertz CT molecular complexity index is 214. The molecule has 1 amide bonds. The summed E-state index contributed by atoms with van der Waals surface area (Å²) in [6, 6.07) is -0.547. The van der Waals surface area contributed by atoms with E-state index in [1.165, 1.54) is 0 Å². The first-order valence-electron chi connectivity index (χ1n) is 4.52. The van der Waals surface area contributed by atoms with Gasteiger partial charge in [-0.25, -0.2) is 0 Å². The van der Waals surface area contributed by atoms with Crippen molar-refractivity contribution in [3.05, 3.63) is 0 Å². The molecular weight excluding hydrogens is 168 g/mol. The van der Waals surface area contributed by atoms with E-state index >= 15 is 0 Å². The minimum atomic E-state index is -0.547. The molecule has 1 heterocycles. The van der Waals surface area contributed by atoms with Crippen LogP contribution in [0.1, 0.15) is 19.3 Å². The highest BCUT2D eigenvalue weighted by Gasteiger charge is 2.09. The molecule has 0 aromatic heterocycles. The number of nitrogens with zero attached hydrogens (tertiary/aromatic N) is 1. The number of hydrogen-bond acceptors (Lipinski definition) is 4. The van der Waals surface area contributed by atoms with Gasteiger partial charge in [-0.3, -0.25) is 9.79 Å². The second-order valence-corrected chi connectivity index (χ2v) is 3.16. The Morgan fingerprint density at radius 3 is 3.00 bits per heavy atom. The third-order valence-electron chi connectivity index (χ3n) is 2.02. The van der Waals surface area contributed by atoms with Gasteiger partial charge in [-0.05, 0) is 12.8 Å². The zero-order valence-corrected chi connectivity index (χ0v) is 7.62. The minimum Gasteiger partial charge on any atom is -0.374 e. The summed E-state index contributed by atoms with van der Waals surface area (Å²) in [6.45, 7) is 1.58. The van der Waals surface area contributed by atoms with Gasteiger partial charge in [0.2, 0.25) is 5.91 Å². The summed E-state index contributed by atoms with van der Waals surface area (Å²) >= 11 is 0. The first-order valence-corrected chi connectivity index (χ1v) is 4.52. The van der Waals surface area contributed by atoms with Crippen LogP contribution in [-0.4, -0.2) is 30.9 Å². The highest BCUT2D eigenvalue weighted by molar-refractivity contribution is 5.83. The molecule has 0 aromatic carbocycles. The smallest absolute Gasteiger partial charge is 0.234 e. The molecular formula is C8H16N4O. The van der Waals surface area contributed by atoms with Gasteiger partial charge in [0.25, 0.3) is 0 Å². The maximum atomic E-state index is 10.6. The second-order valence-electron chi connectivity index (χ2n) is 3.16. The summed E-state index contributed by atoms with van der Waals surface area (Å²) in [4.78, 5) is 14.8. The van der Waals surface area contributed by atoms with Crippen LogP contribution in [0.15, 0.2) is 4.99 Å². The maximum Gasteiger partial charge on any atom is 0.234 e. The van der Waals surface area contributed by atoms with Gasteiger partial charge in [0.1, 0.15) is 0 Å². The standard InChI is InChI=1S/C8H16N4O/c9-6(8(10)13)3-5-12-7-2-1-4-11-7/h6H,1-5,9H2,(H2,10,13)(H,11,12). The van der Waals surface area contributed by atoms with Gasteiger partial charge in [0.15, 0.2) is 0 Å². The molecule has 13 heavy (non-hydrogen) atoms. The Morgan fingerprint density at radius 1 is 1.69 bits per heavy atom. The highest BCUT2D eigenvalue weighted by atomic mass is 16.1. The first-order chi connectivity index (χ1) is 6.20. The van der Waals surface area contributed by atoms with Gasteiger partial charge in [0.05, 0.1) is 11.9 Å². The summed E-state index contributed by atoms with van der Waals surface area (Å²) in [5.41, 5.74) is 10.5. The van der Waals surface area contributed by atoms with Crippen LogP contribution in [0.5, 0.6) is 0 Å². The number of amides is 1. The van der Waals surface area contributed by atoms with Crippen LogP contribution >= 0.6 is 0 Å². The van der Waals surface area contributed by atoms with E-state index in [1.54, 1.807) is 0 Å². The van der Waals surface area contributed by atoms with Crippen molar-refractivity contribution in [1.29, 1.82) is 0 Å². The Morgan fingerprint density at radius 2 is 2.46 bits per heavy atom. The van der Waals surface area contributed by atoms with Crippen molar-refractivity contribution >= 4 is 11.7 Å².